The van der Waals surface area contributed by atoms with E-state index in [4.69, 9.17) is 9.47 Å². The van der Waals surface area contributed by atoms with E-state index < -0.39 is 28.4 Å². The Hall–Kier alpha value is -4.02. The first-order valence-electron chi connectivity index (χ1n) is 10.2. The van der Waals surface area contributed by atoms with Crippen LogP contribution in [-0.2, 0) is 26.1 Å². The Bertz CT molecular complexity index is 1350. The molecule has 0 saturated carbocycles. The van der Waals surface area contributed by atoms with Gasteiger partial charge < -0.3 is 14.8 Å². The molecule has 0 bridgehead atoms. The molecule has 1 heterocycles. The van der Waals surface area contributed by atoms with Gasteiger partial charge in [-0.3, -0.25) is 9.59 Å². The van der Waals surface area contributed by atoms with E-state index in [1.54, 1.807) is 30.3 Å². The zero-order valence-electron chi connectivity index (χ0n) is 17.8. The number of amides is 1. The molecular weight excluding hydrogens is 460 g/mol. The molecule has 2 N–H and O–H groups in total. The van der Waals surface area contributed by atoms with Crippen molar-refractivity contribution >= 4 is 33.4 Å². The average Bonchev–Trinajstić information content (AvgIpc) is 2.86. The zero-order valence-corrected chi connectivity index (χ0v) is 18.6. The first kappa shape index (κ1) is 23.1. The SMILES string of the molecule is O=C1COc2ccc(C(=O)COC(=O)c3cccc(S(=O)(=O)NCc4ccccc4)c3)cc2N1. The maximum atomic E-state index is 12.6. The summed E-state index contributed by atoms with van der Waals surface area (Å²) in [7, 11) is -3.87. The minimum absolute atomic E-state index is 0.0125. The lowest BCUT2D eigenvalue weighted by atomic mass is 10.1. The number of carbonyl (C=O) groups is 3. The Morgan fingerprint density at radius 3 is 2.56 bits per heavy atom. The average molecular weight is 480 g/mol. The van der Waals surface area contributed by atoms with Crippen LogP contribution in [0.4, 0.5) is 5.69 Å². The van der Waals surface area contributed by atoms with Crippen LogP contribution < -0.4 is 14.8 Å². The van der Waals surface area contributed by atoms with Gasteiger partial charge in [0.25, 0.3) is 5.91 Å². The largest absolute Gasteiger partial charge is 0.482 e. The molecule has 0 spiro atoms. The number of rotatable bonds is 8. The van der Waals surface area contributed by atoms with Crippen molar-refractivity contribution in [3.63, 3.8) is 0 Å². The fourth-order valence-corrected chi connectivity index (χ4v) is 4.27. The summed E-state index contributed by atoms with van der Waals surface area (Å²) in [6.07, 6.45) is 0. The first-order valence-corrected chi connectivity index (χ1v) is 11.7. The van der Waals surface area contributed by atoms with Crippen LogP contribution in [0.3, 0.4) is 0 Å². The van der Waals surface area contributed by atoms with Gasteiger partial charge in [0, 0.05) is 12.1 Å². The molecule has 9 nitrogen and oxygen atoms in total. The van der Waals surface area contributed by atoms with Crippen LogP contribution in [0.15, 0.2) is 77.7 Å². The molecule has 34 heavy (non-hydrogen) atoms. The predicted molar refractivity (Wildman–Crippen MR) is 122 cm³/mol. The number of hydrogen-bond donors (Lipinski definition) is 2. The number of nitrogens with one attached hydrogen (secondary N) is 2. The van der Waals surface area contributed by atoms with Gasteiger partial charge in [0.05, 0.1) is 16.1 Å². The Kier molecular flexibility index (Phi) is 6.71. The summed E-state index contributed by atoms with van der Waals surface area (Å²) >= 11 is 0. The Balaban J connectivity index is 1.39. The number of anilines is 1. The van der Waals surface area contributed by atoms with E-state index in [0.717, 1.165) is 5.56 Å². The second-order valence-electron chi connectivity index (χ2n) is 7.39. The van der Waals surface area contributed by atoms with Crippen LogP contribution in [0.2, 0.25) is 0 Å². The molecule has 0 aromatic heterocycles. The highest BCUT2D eigenvalue weighted by Crippen LogP contribution is 2.28. The van der Waals surface area contributed by atoms with Crippen LogP contribution in [0.1, 0.15) is 26.3 Å². The standard InChI is InChI=1S/C24H20N2O7S/c27-21(17-9-10-22-20(12-17)26-23(28)15-32-22)14-33-24(29)18-7-4-8-19(11-18)34(30,31)25-13-16-5-2-1-3-6-16/h1-12,25H,13-15H2,(H,26,28). The number of esters is 1. The number of carbonyl (C=O) groups excluding carboxylic acids is 3. The Morgan fingerprint density at radius 1 is 0.971 bits per heavy atom. The first-order chi connectivity index (χ1) is 16.3. The van der Waals surface area contributed by atoms with E-state index in [1.165, 1.54) is 36.4 Å². The molecule has 0 fully saturated rings. The third kappa shape index (κ3) is 5.48. The Labute approximate surface area is 195 Å². The molecule has 0 aliphatic carbocycles. The number of fused-ring (bicyclic) bond motifs is 1. The van der Waals surface area contributed by atoms with Crippen molar-refractivity contribution in [2.24, 2.45) is 0 Å². The molecule has 1 aliphatic heterocycles. The van der Waals surface area contributed by atoms with Crippen molar-refractivity contribution in [3.8, 4) is 5.75 Å². The van der Waals surface area contributed by atoms with Crippen molar-refractivity contribution in [1.29, 1.82) is 0 Å². The van der Waals surface area contributed by atoms with Crippen molar-refractivity contribution in [2.75, 3.05) is 18.5 Å². The summed E-state index contributed by atoms with van der Waals surface area (Å²) < 4.78 is 38.0. The quantitative estimate of drug-likeness (QED) is 0.375. The van der Waals surface area contributed by atoms with Gasteiger partial charge in [0.15, 0.2) is 19.0 Å². The number of hydrogen-bond acceptors (Lipinski definition) is 7. The highest BCUT2D eigenvalue weighted by Gasteiger charge is 2.20. The van der Waals surface area contributed by atoms with Crippen molar-refractivity contribution < 1.29 is 32.3 Å². The van der Waals surface area contributed by atoms with E-state index in [9.17, 15) is 22.8 Å². The lowest BCUT2D eigenvalue weighted by Gasteiger charge is -2.18. The monoisotopic (exact) mass is 480 g/mol. The number of ether oxygens (including phenoxy) is 2. The zero-order chi connectivity index (χ0) is 24.1. The molecule has 3 aromatic carbocycles. The molecule has 1 amide bonds. The van der Waals surface area contributed by atoms with Crippen LogP contribution in [0.5, 0.6) is 5.75 Å². The van der Waals surface area contributed by atoms with Crippen LogP contribution in [0, 0.1) is 0 Å². The van der Waals surface area contributed by atoms with E-state index >= 15 is 0 Å². The fraction of sp³-hybridized carbons (Fsp3) is 0.125. The second-order valence-corrected chi connectivity index (χ2v) is 9.15. The van der Waals surface area contributed by atoms with Gasteiger partial charge in [-0.05, 0) is 42.0 Å². The van der Waals surface area contributed by atoms with E-state index in [0.29, 0.717) is 11.4 Å². The van der Waals surface area contributed by atoms with Crippen molar-refractivity contribution in [1.82, 2.24) is 4.72 Å². The lowest BCUT2D eigenvalue weighted by Crippen LogP contribution is -2.25. The molecule has 10 heteroatoms. The number of Topliss-reactive ketones (excluding diaryl/α,β-unsaturated/α-hetero) is 1. The van der Waals surface area contributed by atoms with E-state index in [-0.39, 0.29) is 35.1 Å². The summed E-state index contributed by atoms with van der Waals surface area (Å²) in [5.74, 6) is -1.24. The van der Waals surface area contributed by atoms with Crippen LogP contribution in [0.25, 0.3) is 0 Å². The normalized spacial score (nSPS) is 12.8. The molecule has 0 radical (unpaired) electrons. The number of benzene rings is 3. The molecular formula is C24H20N2O7S. The van der Waals surface area contributed by atoms with Gasteiger partial charge >= 0.3 is 5.97 Å². The molecule has 4 rings (SSSR count). The van der Waals surface area contributed by atoms with Crippen LogP contribution in [-0.4, -0.2) is 39.3 Å². The predicted octanol–water partition coefficient (Wildman–Crippen LogP) is 2.54. The second kappa shape index (κ2) is 9.86. The third-order valence-electron chi connectivity index (χ3n) is 4.96. The number of ketones is 1. The molecule has 1 aliphatic rings. The maximum absolute atomic E-state index is 12.6. The summed E-state index contributed by atoms with van der Waals surface area (Å²) in [5.41, 5.74) is 1.35. The van der Waals surface area contributed by atoms with Crippen molar-refractivity contribution in [2.45, 2.75) is 11.4 Å². The molecule has 3 aromatic rings. The fourth-order valence-electron chi connectivity index (χ4n) is 3.20. The van der Waals surface area contributed by atoms with E-state index in [2.05, 4.69) is 10.0 Å². The van der Waals surface area contributed by atoms with Crippen molar-refractivity contribution in [3.05, 3.63) is 89.5 Å². The third-order valence-corrected chi connectivity index (χ3v) is 6.36. The van der Waals surface area contributed by atoms with Gasteiger partial charge in [0.1, 0.15) is 5.75 Å². The van der Waals surface area contributed by atoms with Gasteiger partial charge in [-0.15, -0.1) is 0 Å². The lowest BCUT2D eigenvalue weighted by molar-refractivity contribution is -0.118. The topological polar surface area (TPSA) is 128 Å². The van der Waals surface area contributed by atoms with E-state index in [1.807, 2.05) is 6.07 Å². The summed E-state index contributed by atoms with van der Waals surface area (Å²) in [5, 5.41) is 2.60. The minimum Gasteiger partial charge on any atom is -0.482 e. The highest BCUT2D eigenvalue weighted by atomic mass is 32.2. The highest BCUT2D eigenvalue weighted by molar-refractivity contribution is 7.89. The van der Waals surface area contributed by atoms with Gasteiger partial charge in [-0.25, -0.2) is 17.9 Å². The number of sulfonamides is 1. The molecule has 174 valence electrons. The minimum atomic E-state index is -3.87. The van der Waals surface area contributed by atoms with Gasteiger partial charge in [-0.1, -0.05) is 36.4 Å². The molecule has 0 saturated heterocycles. The molecule has 0 unspecified atom stereocenters. The van der Waals surface area contributed by atoms with Gasteiger partial charge in [0.2, 0.25) is 10.0 Å². The van der Waals surface area contributed by atoms with Gasteiger partial charge in [-0.2, -0.15) is 0 Å². The smallest absolute Gasteiger partial charge is 0.338 e. The Morgan fingerprint density at radius 2 is 1.76 bits per heavy atom. The summed E-state index contributed by atoms with van der Waals surface area (Å²) in [6.45, 7) is -0.567. The maximum Gasteiger partial charge on any atom is 0.338 e. The summed E-state index contributed by atoms with van der Waals surface area (Å²) in [6, 6.07) is 18.8. The van der Waals surface area contributed by atoms with Crippen LogP contribution >= 0.6 is 0 Å². The summed E-state index contributed by atoms with van der Waals surface area (Å²) in [4.78, 5) is 36.3. The molecule has 0 atom stereocenters.